The van der Waals surface area contributed by atoms with Crippen molar-refractivity contribution in [3.63, 3.8) is 0 Å². The highest BCUT2D eigenvalue weighted by Gasteiger charge is 2.35. The Morgan fingerprint density at radius 1 is 1.10 bits per heavy atom. The van der Waals surface area contributed by atoms with Crippen molar-refractivity contribution >= 4 is 5.91 Å². The van der Waals surface area contributed by atoms with Crippen LogP contribution in [0.15, 0.2) is 24.3 Å². The van der Waals surface area contributed by atoms with Crippen molar-refractivity contribution in [1.82, 2.24) is 15.1 Å². The molecule has 0 spiro atoms. The van der Waals surface area contributed by atoms with Gasteiger partial charge in [-0.25, -0.2) is 0 Å². The fourth-order valence-electron chi connectivity index (χ4n) is 4.24. The number of nitrogens with one attached hydrogen (secondary N) is 1. The summed E-state index contributed by atoms with van der Waals surface area (Å²) >= 11 is 0. The molecular weight excluding hydrogens is 364 g/mol. The van der Waals surface area contributed by atoms with Crippen LogP contribution in [0.2, 0.25) is 0 Å². The molecule has 0 aromatic heterocycles. The minimum Gasteiger partial charge on any atom is -0.370 e. The number of hydrogen-bond acceptors (Lipinski definition) is 5. The van der Waals surface area contributed by atoms with Gasteiger partial charge in [-0.05, 0) is 64.3 Å². The summed E-state index contributed by atoms with van der Waals surface area (Å²) in [6.07, 6.45) is 3.76. The fraction of sp³-hybridized carbons (Fsp3) is 0.652. The minimum absolute atomic E-state index is 0.0946. The molecule has 2 aliphatic heterocycles. The summed E-state index contributed by atoms with van der Waals surface area (Å²) in [4.78, 5) is 17.0. The Bertz CT molecular complexity index is 706. The van der Waals surface area contributed by atoms with E-state index in [1.807, 2.05) is 32.9 Å². The standard InChI is InChI=1S/C23H34N4O2/c1-23(2,3)25-22(28)17-27-15-20-13-26(14-21(16-27)29-20)11-5-4-6-18-7-9-19(12-24)10-8-18/h7-10,20-21H,4-6,11,13-17H2,1-3H3,(H,25,28). The maximum atomic E-state index is 12.2. The summed E-state index contributed by atoms with van der Waals surface area (Å²) in [5.41, 5.74) is 1.83. The second kappa shape index (κ2) is 9.71. The maximum Gasteiger partial charge on any atom is 0.234 e. The van der Waals surface area contributed by atoms with Crippen molar-refractivity contribution < 1.29 is 9.53 Å². The Kier molecular flexibility index (Phi) is 7.28. The molecule has 1 aromatic carbocycles. The molecule has 6 heteroatoms. The molecule has 2 unspecified atom stereocenters. The van der Waals surface area contributed by atoms with E-state index >= 15 is 0 Å². The van der Waals surface area contributed by atoms with Crippen molar-refractivity contribution in [2.24, 2.45) is 0 Å². The zero-order chi connectivity index (χ0) is 20.9. The van der Waals surface area contributed by atoms with Gasteiger partial charge in [-0.2, -0.15) is 5.26 Å². The number of fused-ring (bicyclic) bond motifs is 2. The van der Waals surface area contributed by atoms with Crippen LogP contribution in [0.3, 0.4) is 0 Å². The summed E-state index contributed by atoms with van der Waals surface area (Å²) < 4.78 is 6.12. The van der Waals surface area contributed by atoms with Gasteiger partial charge >= 0.3 is 0 Å². The van der Waals surface area contributed by atoms with Crippen LogP contribution in [0.1, 0.15) is 44.7 Å². The SMILES string of the molecule is CC(C)(C)NC(=O)CN1CC2CN(CCCCc3ccc(C#N)cc3)CC(C1)O2. The lowest BCUT2D eigenvalue weighted by Crippen LogP contribution is -2.61. The number of ether oxygens (including phenoxy) is 1. The number of carbonyl (C=O) groups excluding carboxylic acids is 1. The van der Waals surface area contributed by atoms with Crippen LogP contribution in [0.5, 0.6) is 0 Å². The molecule has 1 amide bonds. The topological polar surface area (TPSA) is 68.6 Å². The molecule has 3 rings (SSSR count). The number of rotatable bonds is 7. The molecule has 2 heterocycles. The number of amides is 1. The Balaban J connectivity index is 1.36. The number of nitriles is 1. The first-order valence-electron chi connectivity index (χ1n) is 10.7. The van der Waals surface area contributed by atoms with E-state index in [9.17, 15) is 4.79 Å². The smallest absolute Gasteiger partial charge is 0.234 e. The zero-order valence-electron chi connectivity index (χ0n) is 18.0. The molecule has 2 bridgehead atoms. The second-order valence-corrected chi connectivity index (χ2v) is 9.40. The third-order valence-corrected chi connectivity index (χ3v) is 5.39. The highest BCUT2D eigenvalue weighted by Crippen LogP contribution is 2.20. The molecule has 1 aromatic rings. The first kappa shape index (κ1) is 21.8. The lowest BCUT2D eigenvalue weighted by molar-refractivity contribution is -0.145. The maximum absolute atomic E-state index is 12.2. The molecule has 6 nitrogen and oxygen atoms in total. The molecule has 2 saturated heterocycles. The van der Waals surface area contributed by atoms with Crippen LogP contribution in [-0.2, 0) is 16.0 Å². The summed E-state index contributed by atoms with van der Waals surface area (Å²) in [5.74, 6) is 0.0946. The van der Waals surface area contributed by atoms with Crippen LogP contribution >= 0.6 is 0 Å². The minimum atomic E-state index is -0.187. The Hall–Kier alpha value is -1.94. The number of morpholine rings is 2. The molecule has 2 fully saturated rings. The van der Waals surface area contributed by atoms with Crippen molar-refractivity contribution in [1.29, 1.82) is 5.26 Å². The Morgan fingerprint density at radius 2 is 1.72 bits per heavy atom. The van der Waals surface area contributed by atoms with Gasteiger partial charge in [0.15, 0.2) is 0 Å². The van der Waals surface area contributed by atoms with Crippen molar-refractivity contribution in [3.8, 4) is 6.07 Å². The molecule has 0 aliphatic carbocycles. The van der Waals surface area contributed by atoms with Crippen molar-refractivity contribution in [2.75, 3.05) is 39.3 Å². The van der Waals surface area contributed by atoms with E-state index in [4.69, 9.17) is 10.00 Å². The van der Waals surface area contributed by atoms with Crippen LogP contribution in [0, 0.1) is 11.3 Å². The normalized spacial score (nSPS) is 22.8. The first-order valence-corrected chi connectivity index (χ1v) is 10.7. The van der Waals surface area contributed by atoms with Gasteiger partial charge in [0.05, 0.1) is 30.4 Å². The molecular formula is C23H34N4O2. The van der Waals surface area contributed by atoms with E-state index < -0.39 is 0 Å². The van der Waals surface area contributed by atoms with Gasteiger partial charge in [-0.3, -0.25) is 14.6 Å². The summed E-state index contributed by atoms with van der Waals surface area (Å²) in [7, 11) is 0. The lowest BCUT2D eigenvalue weighted by atomic mass is 10.1. The molecule has 0 radical (unpaired) electrons. The van der Waals surface area contributed by atoms with Crippen LogP contribution in [0.25, 0.3) is 0 Å². The van der Waals surface area contributed by atoms with Gasteiger partial charge < -0.3 is 10.1 Å². The first-order chi connectivity index (χ1) is 13.8. The van der Waals surface area contributed by atoms with Crippen LogP contribution in [-0.4, -0.2) is 72.7 Å². The average molecular weight is 399 g/mol. The summed E-state index contributed by atoms with van der Waals surface area (Å²) in [6, 6.07) is 10.1. The Labute approximate surface area is 174 Å². The molecule has 158 valence electrons. The van der Waals surface area contributed by atoms with E-state index in [-0.39, 0.29) is 23.7 Å². The highest BCUT2D eigenvalue weighted by molar-refractivity contribution is 5.78. The predicted octanol–water partition coefficient (Wildman–Crippen LogP) is 2.18. The molecule has 2 atom stereocenters. The van der Waals surface area contributed by atoms with Gasteiger partial charge in [0.1, 0.15) is 0 Å². The number of hydrogen-bond donors (Lipinski definition) is 1. The van der Waals surface area contributed by atoms with Gasteiger partial charge in [0, 0.05) is 31.7 Å². The number of nitrogens with zero attached hydrogens (tertiary/aromatic N) is 3. The third-order valence-electron chi connectivity index (χ3n) is 5.39. The van der Waals surface area contributed by atoms with E-state index in [1.165, 1.54) is 5.56 Å². The van der Waals surface area contributed by atoms with E-state index in [0.717, 1.165) is 57.5 Å². The molecule has 2 aliphatic rings. The number of unbranched alkanes of at least 4 members (excludes halogenated alkanes) is 1. The predicted molar refractivity (Wildman–Crippen MR) is 114 cm³/mol. The van der Waals surface area contributed by atoms with Gasteiger partial charge in [0.25, 0.3) is 0 Å². The van der Waals surface area contributed by atoms with Crippen molar-refractivity contribution in [3.05, 3.63) is 35.4 Å². The van der Waals surface area contributed by atoms with Gasteiger partial charge in [0.2, 0.25) is 5.91 Å². The van der Waals surface area contributed by atoms with Crippen LogP contribution in [0.4, 0.5) is 0 Å². The summed E-state index contributed by atoms with van der Waals surface area (Å²) in [5, 5.41) is 11.9. The number of benzene rings is 1. The number of carbonyl (C=O) groups is 1. The fourth-order valence-corrected chi connectivity index (χ4v) is 4.24. The monoisotopic (exact) mass is 398 g/mol. The number of aryl methyl sites for hydroxylation is 1. The van der Waals surface area contributed by atoms with Crippen molar-refractivity contribution in [2.45, 2.75) is 57.8 Å². The van der Waals surface area contributed by atoms with Gasteiger partial charge in [-0.1, -0.05) is 12.1 Å². The highest BCUT2D eigenvalue weighted by atomic mass is 16.5. The average Bonchev–Trinajstić information content (AvgIpc) is 2.63. The van der Waals surface area contributed by atoms with Gasteiger partial charge in [-0.15, -0.1) is 0 Å². The van der Waals surface area contributed by atoms with E-state index in [2.05, 4.69) is 33.3 Å². The largest absolute Gasteiger partial charge is 0.370 e. The van der Waals surface area contributed by atoms with E-state index in [0.29, 0.717) is 6.54 Å². The summed E-state index contributed by atoms with van der Waals surface area (Å²) in [6.45, 7) is 11.1. The Morgan fingerprint density at radius 3 is 2.31 bits per heavy atom. The van der Waals surface area contributed by atoms with E-state index in [1.54, 1.807) is 0 Å². The molecule has 29 heavy (non-hydrogen) atoms. The lowest BCUT2D eigenvalue weighted by Gasteiger charge is -2.45. The van der Waals surface area contributed by atoms with Crippen LogP contribution < -0.4 is 5.32 Å². The molecule has 0 saturated carbocycles. The zero-order valence-corrected chi connectivity index (χ0v) is 18.0. The molecule has 1 N–H and O–H groups in total. The second-order valence-electron chi connectivity index (χ2n) is 9.40. The third kappa shape index (κ3) is 7.11. The quantitative estimate of drug-likeness (QED) is 0.713.